The highest BCUT2D eigenvalue weighted by molar-refractivity contribution is 5.83. The van der Waals surface area contributed by atoms with Gasteiger partial charge >= 0.3 is 11.7 Å². The molecule has 1 saturated heterocycles. The van der Waals surface area contributed by atoms with Crippen LogP contribution in [0.25, 0.3) is 0 Å². The van der Waals surface area contributed by atoms with E-state index in [1.54, 1.807) is 6.92 Å². The van der Waals surface area contributed by atoms with Crippen LogP contribution in [0.15, 0.2) is 23.3 Å². The summed E-state index contributed by atoms with van der Waals surface area (Å²) in [5, 5.41) is 25.9. The smallest absolute Gasteiger partial charge is 0.306 e. The molecule has 1 aromatic carbocycles. The Kier molecular flexibility index (Phi) is 5.53. The molecule has 0 radical (unpaired) electrons. The number of cyclic esters (lactones) is 1. The second-order valence-electron chi connectivity index (χ2n) is 6.69. The van der Waals surface area contributed by atoms with Gasteiger partial charge in [0, 0.05) is 17.7 Å². The van der Waals surface area contributed by atoms with Gasteiger partial charge in [-0.25, -0.2) is 0 Å². The first-order valence-corrected chi connectivity index (χ1v) is 8.04. The first-order valence-electron chi connectivity index (χ1n) is 8.04. The average Bonchev–Trinajstić information content (AvgIpc) is 2.82. The van der Waals surface area contributed by atoms with Crippen LogP contribution >= 0.6 is 0 Å². The van der Waals surface area contributed by atoms with Gasteiger partial charge in [0.15, 0.2) is 0 Å². The number of nitrogens with zero attached hydrogens (tertiary/aromatic N) is 3. The third-order valence-corrected chi connectivity index (χ3v) is 4.38. The lowest BCUT2D eigenvalue weighted by Gasteiger charge is -2.24. The predicted octanol–water partition coefficient (Wildman–Crippen LogP) is 3.41. The number of hydrogen-bond acceptors (Lipinski definition) is 8. The van der Waals surface area contributed by atoms with Gasteiger partial charge in [0.2, 0.25) is 0 Å². The van der Waals surface area contributed by atoms with Crippen LogP contribution in [0, 0.1) is 26.1 Å². The Bertz CT molecular complexity index is 774. The molecular weight excluding hydrogens is 344 g/mol. The van der Waals surface area contributed by atoms with E-state index in [9.17, 15) is 25.0 Å². The number of nitrogens with one attached hydrogen (secondary N) is 1. The van der Waals surface area contributed by atoms with E-state index in [4.69, 9.17) is 4.74 Å². The van der Waals surface area contributed by atoms with E-state index in [0.29, 0.717) is 25.0 Å². The van der Waals surface area contributed by atoms with Gasteiger partial charge < -0.3 is 4.74 Å². The summed E-state index contributed by atoms with van der Waals surface area (Å²) >= 11 is 0. The number of nitro groups is 2. The maximum absolute atomic E-state index is 11.4. The van der Waals surface area contributed by atoms with Crippen molar-refractivity contribution in [3.63, 3.8) is 0 Å². The van der Waals surface area contributed by atoms with Crippen molar-refractivity contribution >= 4 is 28.7 Å². The summed E-state index contributed by atoms with van der Waals surface area (Å²) in [5.41, 5.74) is 2.05. The van der Waals surface area contributed by atoms with Crippen molar-refractivity contribution in [3.8, 4) is 0 Å². The van der Waals surface area contributed by atoms with E-state index in [0.717, 1.165) is 6.07 Å². The predicted molar refractivity (Wildman–Crippen MR) is 94.0 cm³/mol. The van der Waals surface area contributed by atoms with Crippen LogP contribution in [0.1, 0.15) is 40.0 Å². The van der Waals surface area contributed by atoms with Crippen LogP contribution in [0.3, 0.4) is 0 Å². The number of rotatable bonds is 7. The van der Waals surface area contributed by atoms with Crippen LogP contribution in [0.2, 0.25) is 0 Å². The number of benzene rings is 1. The highest BCUT2D eigenvalue weighted by Crippen LogP contribution is 2.35. The zero-order valence-electron chi connectivity index (χ0n) is 14.7. The minimum absolute atomic E-state index is 0.0691. The summed E-state index contributed by atoms with van der Waals surface area (Å²) in [4.78, 5) is 31.9. The lowest BCUT2D eigenvalue weighted by molar-refractivity contribution is -0.393. The van der Waals surface area contributed by atoms with Crippen molar-refractivity contribution in [1.82, 2.24) is 0 Å². The van der Waals surface area contributed by atoms with Gasteiger partial charge in [0.1, 0.15) is 11.3 Å². The van der Waals surface area contributed by atoms with Crippen LogP contribution in [0.4, 0.5) is 17.1 Å². The van der Waals surface area contributed by atoms with E-state index in [2.05, 4.69) is 10.5 Å². The van der Waals surface area contributed by atoms with Crippen molar-refractivity contribution in [2.45, 2.75) is 45.6 Å². The van der Waals surface area contributed by atoms with Crippen molar-refractivity contribution < 1.29 is 19.4 Å². The number of anilines is 1. The van der Waals surface area contributed by atoms with Gasteiger partial charge in [-0.3, -0.25) is 30.4 Å². The molecule has 1 aliphatic rings. The Hall–Kier alpha value is -3.04. The Morgan fingerprint density at radius 3 is 2.58 bits per heavy atom. The molecule has 0 amide bonds. The van der Waals surface area contributed by atoms with Crippen LogP contribution in [0.5, 0.6) is 0 Å². The van der Waals surface area contributed by atoms with Gasteiger partial charge in [-0.1, -0.05) is 0 Å². The highest BCUT2D eigenvalue weighted by Gasteiger charge is 2.41. The standard InChI is InChI=1S/C16H20N4O6/c1-10(4-5-11-8-15(21)26-16(11,2)3)17-18-13-7-6-12(19(22)23)9-14(13)20(24)25/h6-7,9,11,18H,4-5,8H2,1-3H3/b17-10+/t11-/m0/s1. The third kappa shape index (κ3) is 4.52. The summed E-state index contributed by atoms with van der Waals surface area (Å²) in [7, 11) is 0. The van der Waals surface area contributed by atoms with Crippen LogP contribution in [-0.2, 0) is 9.53 Å². The molecule has 0 aromatic heterocycles. The molecule has 0 aliphatic carbocycles. The molecule has 140 valence electrons. The molecule has 1 aromatic rings. The molecule has 2 rings (SSSR count). The molecule has 26 heavy (non-hydrogen) atoms. The highest BCUT2D eigenvalue weighted by atomic mass is 16.6. The number of ether oxygens (including phenoxy) is 1. The zero-order chi connectivity index (χ0) is 19.5. The van der Waals surface area contributed by atoms with E-state index in [-0.39, 0.29) is 23.3 Å². The quantitative estimate of drug-likeness (QED) is 0.338. The molecule has 1 aliphatic heterocycles. The zero-order valence-corrected chi connectivity index (χ0v) is 14.7. The summed E-state index contributed by atoms with van der Waals surface area (Å²) in [6, 6.07) is 3.31. The molecule has 1 fully saturated rings. The Balaban J connectivity index is 2.03. The fourth-order valence-corrected chi connectivity index (χ4v) is 2.79. The molecule has 10 heteroatoms. The first-order chi connectivity index (χ1) is 12.1. The largest absolute Gasteiger partial charge is 0.459 e. The van der Waals surface area contributed by atoms with E-state index >= 15 is 0 Å². The van der Waals surface area contributed by atoms with Gasteiger partial charge in [0.05, 0.1) is 22.3 Å². The van der Waals surface area contributed by atoms with Gasteiger partial charge in [-0.15, -0.1) is 0 Å². The maximum atomic E-state index is 11.4. The summed E-state index contributed by atoms with van der Waals surface area (Å²) < 4.78 is 5.27. The monoisotopic (exact) mass is 364 g/mol. The second-order valence-corrected chi connectivity index (χ2v) is 6.69. The third-order valence-electron chi connectivity index (χ3n) is 4.38. The Labute approximate surface area is 149 Å². The van der Waals surface area contributed by atoms with Gasteiger partial charge in [-0.2, -0.15) is 5.10 Å². The summed E-state index contributed by atoms with van der Waals surface area (Å²) in [5.74, 6) is -0.136. The topological polar surface area (TPSA) is 137 Å². The summed E-state index contributed by atoms with van der Waals surface area (Å²) in [6.07, 6.45) is 1.64. The van der Waals surface area contributed by atoms with Crippen molar-refractivity contribution in [1.29, 1.82) is 0 Å². The molecule has 0 unspecified atom stereocenters. The number of hydrazone groups is 1. The lowest BCUT2D eigenvalue weighted by atomic mass is 9.86. The minimum atomic E-state index is -0.704. The molecular formula is C16H20N4O6. The SMILES string of the molecule is C/C(CC[C@H]1CC(=O)OC1(C)C)=N\Nc1ccc([N+](=O)[O-])cc1[N+](=O)[O-]. The number of carbonyl (C=O) groups is 1. The average molecular weight is 364 g/mol. The van der Waals surface area contributed by atoms with Crippen molar-refractivity contribution in [2.75, 3.05) is 5.43 Å². The van der Waals surface area contributed by atoms with Crippen molar-refractivity contribution in [3.05, 3.63) is 38.4 Å². The number of nitro benzene ring substituents is 2. The van der Waals surface area contributed by atoms with Crippen LogP contribution < -0.4 is 5.43 Å². The van der Waals surface area contributed by atoms with Gasteiger partial charge in [0.25, 0.3) is 5.69 Å². The number of carbonyl (C=O) groups excluding carboxylic acids is 1. The molecule has 0 spiro atoms. The number of esters is 1. The molecule has 1 N–H and O–H groups in total. The van der Waals surface area contributed by atoms with E-state index in [1.807, 2.05) is 13.8 Å². The van der Waals surface area contributed by atoms with E-state index < -0.39 is 21.1 Å². The first kappa shape index (κ1) is 19.3. The lowest BCUT2D eigenvalue weighted by Crippen LogP contribution is -2.27. The minimum Gasteiger partial charge on any atom is -0.459 e. The summed E-state index contributed by atoms with van der Waals surface area (Å²) in [6.45, 7) is 5.50. The fourth-order valence-electron chi connectivity index (χ4n) is 2.79. The Morgan fingerprint density at radius 2 is 2.04 bits per heavy atom. The van der Waals surface area contributed by atoms with E-state index in [1.165, 1.54) is 12.1 Å². The molecule has 0 saturated carbocycles. The molecule has 0 bridgehead atoms. The van der Waals surface area contributed by atoms with Crippen molar-refractivity contribution in [2.24, 2.45) is 11.0 Å². The molecule has 1 atom stereocenters. The normalized spacial score (nSPS) is 19.1. The van der Waals surface area contributed by atoms with Gasteiger partial charge in [-0.05, 0) is 39.7 Å². The molecule has 1 heterocycles. The second kappa shape index (κ2) is 7.46. The number of non-ortho nitro benzene ring substituents is 1. The maximum Gasteiger partial charge on any atom is 0.306 e. The molecule has 10 nitrogen and oxygen atoms in total. The Morgan fingerprint density at radius 1 is 1.35 bits per heavy atom. The number of hydrogen-bond donors (Lipinski definition) is 1. The fraction of sp³-hybridized carbons (Fsp3) is 0.500. The van der Waals surface area contributed by atoms with Crippen LogP contribution in [-0.4, -0.2) is 27.1 Å².